The molecule has 1 atom stereocenters. The van der Waals surface area contributed by atoms with Crippen molar-refractivity contribution in [2.24, 2.45) is 0 Å². The van der Waals surface area contributed by atoms with E-state index in [2.05, 4.69) is 23.8 Å². The maximum absolute atomic E-state index is 13.9. The Kier molecular flexibility index (Phi) is 5.07. The van der Waals surface area contributed by atoms with Crippen LogP contribution in [0.2, 0.25) is 0 Å². The van der Waals surface area contributed by atoms with Gasteiger partial charge < -0.3 is 19.7 Å². The molecule has 0 radical (unpaired) electrons. The quantitative estimate of drug-likeness (QED) is 0.874. The van der Waals surface area contributed by atoms with Crippen LogP contribution < -0.4 is 14.8 Å². The van der Waals surface area contributed by atoms with Crippen molar-refractivity contribution in [3.05, 3.63) is 30.1 Å². The molecular weight excluding hydrogens is 271 g/mol. The highest BCUT2D eigenvalue weighted by molar-refractivity contribution is 5.73. The molecule has 1 N–H and O–H groups in total. The van der Waals surface area contributed by atoms with E-state index in [4.69, 9.17) is 9.47 Å². The summed E-state index contributed by atoms with van der Waals surface area (Å²) in [6.45, 7) is 5.91. The number of hydrogen-bond donors (Lipinski definition) is 1. The van der Waals surface area contributed by atoms with Crippen LogP contribution in [0.5, 0.6) is 11.5 Å². The maximum Gasteiger partial charge on any atom is 0.167 e. The second-order valence-corrected chi connectivity index (χ2v) is 5.29. The SMILES string of the molecule is C=C(NCC1CCCN1C)c1c(OC)ccc(F)c1OC. The van der Waals surface area contributed by atoms with Crippen LogP contribution >= 0.6 is 0 Å². The van der Waals surface area contributed by atoms with Crippen molar-refractivity contribution in [2.75, 3.05) is 34.4 Å². The lowest BCUT2D eigenvalue weighted by molar-refractivity contribution is 0.309. The van der Waals surface area contributed by atoms with Crippen molar-refractivity contribution in [3.8, 4) is 11.5 Å². The van der Waals surface area contributed by atoms with Gasteiger partial charge in [-0.05, 0) is 38.6 Å². The molecule has 0 spiro atoms. The lowest BCUT2D eigenvalue weighted by atomic mass is 10.1. The minimum absolute atomic E-state index is 0.159. The van der Waals surface area contributed by atoms with E-state index in [1.807, 2.05) is 0 Å². The Morgan fingerprint density at radius 3 is 2.76 bits per heavy atom. The normalized spacial score (nSPS) is 18.6. The van der Waals surface area contributed by atoms with Crippen LogP contribution in [-0.4, -0.2) is 45.3 Å². The van der Waals surface area contributed by atoms with Gasteiger partial charge in [0.2, 0.25) is 0 Å². The van der Waals surface area contributed by atoms with Crippen molar-refractivity contribution in [1.82, 2.24) is 10.2 Å². The Balaban J connectivity index is 2.16. The Morgan fingerprint density at radius 2 is 2.19 bits per heavy atom. The van der Waals surface area contributed by atoms with Crippen molar-refractivity contribution in [1.29, 1.82) is 0 Å². The van der Waals surface area contributed by atoms with Crippen molar-refractivity contribution in [3.63, 3.8) is 0 Å². The van der Waals surface area contributed by atoms with Gasteiger partial charge >= 0.3 is 0 Å². The first kappa shape index (κ1) is 15.6. The lowest BCUT2D eigenvalue weighted by Gasteiger charge is -2.22. The molecule has 0 aliphatic carbocycles. The monoisotopic (exact) mass is 294 g/mol. The second-order valence-electron chi connectivity index (χ2n) is 5.29. The van der Waals surface area contributed by atoms with Gasteiger partial charge in [0.15, 0.2) is 11.6 Å². The predicted molar refractivity (Wildman–Crippen MR) is 82.2 cm³/mol. The molecule has 1 saturated heterocycles. The molecule has 1 fully saturated rings. The smallest absolute Gasteiger partial charge is 0.167 e. The van der Waals surface area contributed by atoms with Gasteiger partial charge in [0.1, 0.15) is 5.75 Å². The largest absolute Gasteiger partial charge is 0.496 e. The predicted octanol–water partition coefficient (Wildman–Crippen LogP) is 2.50. The van der Waals surface area contributed by atoms with Gasteiger partial charge in [-0.15, -0.1) is 0 Å². The lowest BCUT2D eigenvalue weighted by Crippen LogP contribution is -2.34. The number of rotatable bonds is 6. The van der Waals surface area contributed by atoms with Crippen LogP contribution in [0.15, 0.2) is 18.7 Å². The third kappa shape index (κ3) is 3.29. The molecule has 0 aromatic heterocycles. The number of nitrogens with zero attached hydrogens (tertiary/aromatic N) is 1. The van der Waals surface area contributed by atoms with Crippen molar-refractivity contribution < 1.29 is 13.9 Å². The summed E-state index contributed by atoms with van der Waals surface area (Å²) in [5.74, 6) is 0.284. The summed E-state index contributed by atoms with van der Waals surface area (Å²) < 4.78 is 24.3. The standard InChI is InChI=1S/C16H23FN2O2/c1-11(18-10-12-6-5-9-19(12)2)15-14(20-3)8-7-13(17)16(15)21-4/h7-8,12,18H,1,5-6,9-10H2,2-4H3. The summed E-state index contributed by atoms with van der Waals surface area (Å²) in [6.07, 6.45) is 2.37. The van der Waals surface area contributed by atoms with Crippen LogP contribution in [0.3, 0.4) is 0 Å². The number of likely N-dealkylation sites (N-methyl/N-ethyl adjacent to an activating group) is 1. The Bertz CT molecular complexity index is 519. The first-order valence-corrected chi connectivity index (χ1v) is 7.12. The third-order valence-corrected chi connectivity index (χ3v) is 4.02. The van der Waals surface area contributed by atoms with E-state index < -0.39 is 5.82 Å². The highest BCUT2D eigenvalue weighted by Crippen LogP contribution is 2.35. The number of halogens is 1. The minimum Gasteiger partial charge on any atom is -0.496 e. The van der Waals surface area contributed by atoms with E-state index in [1.54, 1.807) is 13.2 Å². The summed E-state index contributed by atoms with van der Waals surface area (Å²) in [5, 5.41) is 3.29. The van der Waals surface area contributed by atoms with E-state index in [-0.39, 0.29) is 5.75 Å². The molecule has 1 aromatic carbocycles. The highest BCUT2D eigenvalue weighted by atomic mass is 19.1. The number of hydrogen-bond acceptors (Lipinski definition) is 4. The van der Waals surface area contributed by atoms with Crippen LogP contribution in [0.4, 0.5) is 4.39 Å². The molecule has 1 heterocycles. The highest BCUT2D eigenvalue weighted by Gasteiger charge is 2.22. The van der Waals surface area contributed by atoms with Gasteiger partial charge in [0.25, 0.3) is 0 Å². The molecule has 21 heavy (non-hydrogen) atoms. The molecule has 1 aliphatic heterocycles. The van der Waals surface area contributed by atoms with Gasteiger partial charge in [-0.1, -0.05) is 6.58 Å². The Hall–Kier alpha value is -1.75. The van der Waals surface area contributed by atoms with Crippen LogP contribution in [-0.2, 0) is 0 Å². The van der Waals surface area contributed by atoms with E-state index in [0.717, 1.165) is 19.5 Å². The van der Waals surface area contributed by atoms with E-state index in [0.29, 0.717) is 23.1 Å². The van der Waals surface area contributed by atoms with Gasteiger partial charge in [-0.3, -0.25) is 0 Å². The van der Waals surface area contributed by atoms with Gasteiger partial charge in [-0.25, -0.2) is 4.39 Å². The average molecular weight is 294 g/mol. The Morgan fingerprint density at radius 1 is 1.43 bits per heavy atom. The summed E-state index contributed by atoms with van der Waals surface area (Å²) in [4.78, 5) is 2.32. The summed E-state index contributed by atoms with van der Waals surface area (Å²) in [7, 11) is 5.11. The summed E-state index contributed by atoms with van der Waals surface area (Å²) in [6, 6.07) is 3.40. The fourth-order valence-corrected chi connectivity index (χ4v) is 2.76. The molecule has 0 bridgehead atoms. The summed E-state index contributed by atoms with van der Waals surface area (Å²) in [5.41, 5.74) is 1.16. The number of likely N-dealkylation sites (tertiary alicyclic amines) is 1. The zero-order valence-electron chi connectivity index (χ0n) is 12.9. The number of methoxy groups -OCH3 is 2. The van der Waals surface area contributed by atoms with Gasteiger partial charge in [-0.2, -0.15) is 0 Å². The summed E-state index contributed by atoms with van der Waals surface area (Å²) >= 11 is 0. The van der Waals surface area contributed by atoms with E-state index in [9.17, 15) is 4.39 Å². The Labute approximate surface area is 125 Å². The van der Waals surface area contributed by atoms with Crippen LogP contribution in [0.1, 0.15) is 18.4 Å². The molecule has 1 unspecified atom stereocenters. The second kappa shape index (κ2) is 6.80. The number of nitrogens with one attached hydrogen (secondary N) is 1. The van der Waals surface area contributed by atoms with Crippen LogP contribution in [0, 0.1) is 5.82 Å². The molecule has 4 nitrogen and oxygen atoms in total. The van der Waals surface area contributed by atoms with Crippen molar-refractivity contribution in [2.45, 2.75) is 18.9 Å². The molecule has 1 aliphatic rings. The molecule has 2 rings (SSSR count). The molecule has 0 amide bonds. The first-order chi connectivity index (χ1) is 10.1. The minimum atomic E-state index is -0.422. The average Bonchev–Trinajstić information content (AvgIpc) is 2.89. The fraction of sp³-hybridized carbons (Fsp3) is 0.500. The molecule has 116 valence electrons. The molecule has 1 aromatic rings. The van der Waals surface area contributed by atoms with Gasteiger partial charge in [0.05, 0.1) is 19.8 Å². The first-order valence-electron chi connectivity index (χ1n) is 7.12. The number of benzene rings is 1. The number of ether oxygens (including phenoxy) is 2. The zero-order chi connectivity index (χ0) is 15.4. The van der Waals surface area contributed by atoms with Crippen molar-refractivity contribution >= 4 is 5.70 Å². The molecular formula is C16H23FN2O2. The van der Waals surface area contributed by atoms with E-state index >= 15 is 0 Å². The molecule has 0 saturated carbocycles. The van der Waals surface area contributed by atoms with Crippen LogP contribution in [0.25, 0.3) is 5.70 Å². The maximum atomic E-state index is 13.9. The zero-order valence-corrected chi connectivity index (χ0v) is 12.9. The fourth-order valence-electron chi connectivity index (χ4n) is 2.76. The van der Waals surface area contributed by atoms with Gasteiger partial charge in [0, 0.05) is 18.3 Å². The van der Waals surface area contributed by atoms with E-state index in [1.165, 1.54) is 19.6 Å². The third-order valence-electron chi connectivity index (χ3n) is 4.02. The molecule has 5 heteroatoms. The topological polar surface area (TPSA) is 33.7 Å².